The number of hydrogen-bond acceptors (Lipinski definition) is 3. The fourth-order valence-electron chi connectivity index (χ4n) is 5.61. The minimum Gasteiger partial charge on any atom is -0.458 e. The SMILES string of the molecule is N#Cc1ccc2c3c1-n1c4ccccc4c4ccc5c(c41)B3c1c(cccc1O5)O2. The predicted octanol–water partition coefficient (Wildman–Crippen LogP) is 3.70. The molecular weight excluding hydrogens is 371 g/mol. The molecule has 136 valence electrons. The summed E-state index contributed by atoms with van der Waals surface area (Å²) in [5, 5.41) is 12.4. The largest absolute Gasteiger partial charge is 0.458 e. The van der Waals surface area contributed by atoms with E-state index < -0.39 is 0 Å². The first kappa shape index (κ1) is 14.8. The maximum Gasteiger partial charge on any atom is 0.266 e. The second-order valence-electron chi connectivity index (χ2n) is 8.02. The topological polar surface area (TPSA) is 47.2 Å². The summed E-state index contributed by atoms with van der Waals surface area (Å²) in [6.07, 6.45) is 0. The first-order valence-corrected chi connectivity index (χ1v) is 9.97. The van der Waals surface area contributed by atoms with Crippen molar-refractivity contribution in [1.82, 2.24) is 4.57 Å². The number of para-hydroxylation sites is 1. The van der Waals surface area contributed by atoms with E-state index >= 15 is 0 Å². The van der Waals surface area contributed by atoms with Crippen LogP contribution in [-0.4, -0.2) is 11.3 Å². The van der Waals surface area contributed by atoms with E-state index in [1.54, 1.807) is 0 Å². The van der Waals surface area contributed by atoms with Crippen LogP contribution in [0.2, 0.25) is 0 Å². The number of nitriles is 1. The highest BCUT2D eigenvalue weighted by Crippen LogP contribution is 2.43. The average Bonchev–Trinajstić information content (AvgIpc) is 3.13. The summed E-state index contributed by atoms with van der Waals surface area (Å²) in [6.45, 7) is -0.00693. The van der Waals surface area contributed by atoms with Crippen LogP contribution in [0.15, 0.2) is 66.7 Å². The first-order chi connectivity index (χ1) is 14.8. The molecule has 0 radical (unpaired) electrons. The van der Waals surface area contributed by atoms with Gasteiger partial charge in [0.15, 0.2) is 0 Å². The summed E-state index contributed by atoms with van der Waals surface area (Å²) in [5.74, 6) is 3.34. The Bertz CT molecular complexity index is 1660. The summed E-state index contributed by atoms with van der Waals surface area (Å²) in [5.41, 5.74) is 7.08. The molecule has 0 N–H and O–H groups in total. The van der Waals surface area contributed by atoms with Gasteiger partial charge in [0, 0.05) is 16.2 Å². The van der Waals surface area contributed by atoms with Crippen LogP contribution < -0.4 is 25.9 Å². The van der Waals surface area contributed by atoms with Crippen molar-refractivity contribution in [3.63, 3.8) is 0 Å². The van der Waals surface area contributed by atoms with Gasteiger partial charge in [0.1, 0.15) is 29.1 Å². The van der Waals surface area contributed by atoms with Gasteiger partial charge < -0.3 is 14.0 Å². The maximum atomic E-state index is 10.0. The number of aromatic nitrogens is 1. The van der Waals surface area contributed by atoms with Crippen molar-refractivity contribution in [2.24, 2.45) is 0 Å². The highest BCUT2D eigenvalue weighted by molar-refractivity contribution is 7.00. The van der Waals surface area contributed by atoms with Crippen molar-refractivity contribution in [2.45, 2.75) is 0 Å². The molecule has 1 aromatic heterocycles. The van der Waals surface area contributed by atoms with E-state index in [-0.39, 0.29) is 6.71 Å². The molecule has 0 fully saturated rings. The molecule has 0 amide bonds. The highest BCUT2D eigenvalue weighted by Gasteiger charge is 2.46. The lowest BCUT2D eigenvalue weighted by Crippen LogP contribution is -2.60. The molecule has 5 aromatic rings. The molecule has 0 aliphatic carbocycles. The first-order valence-electron chi connectivity index (χ1n) is 9.97. The normalized spacial score (nSPS) is 13.8. The molecule has 0 atom stereocenters. The van der Waals surface area contributed by atoms with E-state index in [1.165, 1.54) is 10.8 Å². The molecule has 8 rings (SSSR count). The fraction of sp³-hybridized carbons (Fsp3) is 0. The van der Waals surface area contributed by atoms with Crippen LogP contribution in [0.3, 0.4) is 0 Å². The third kappa shape index (κ3) is 1.44. The van der Waals surface area contributed by atoms with Crippen molar-refractivity contribution in [3.05, 3.63) is 72.3 Å². The molecule has 3 aliphatic rings. The van der Waals surface area contributed by atoms with E-state index in [0.717, 1.165) is 56.1 Å². The lowest BCUT2D eigenvalue weighted by molar-refractivity contribution is 0.464. The van der Waals surface area contributed by atoms with Crippen LogP contribution in [0.1, 0.15) is 5.56 Å². The van der Waals surface area contributed by atoms with Crippen LogP contribution in [0.25, 0.3) is 27.5 Å². The molecule has 0 spiro atoms. The van der Waals surface area contributed by atoms with Crippen LogP contribution in [0, 0.1) is 11.3 Å². The second kappa shape index (κ2) is 4.69. The Labute approximate surface area is 171 Å². The quantitative estimate of drug-likeness (QED) is 0.376. The van der Waals surface area contributed by atoms with Crippen LogP contribution in [-0.2, 0) is 0 Å². The number of hydrogen-bond donors (Lipinski definition) is 0. The molecule has 4 nitrogen and oxygen atoms in total. The summed E-state index contributed by atoms with van der Waals surface area (Å²) in [6, 6.07) is 24.8. The third-order valence-corrected chi connectivity index (χ3v) is 6.69. The van der Waals surface area contributed by atoms with Crippen molar-refractivity contribution in [2.75, 3.05) is 0 Å². The molecule has 5 heteroatoms. The Morgan fingerprint density at radius 1 is 0.700 bits per heavy atom. The van der Waals surface area contributed by atoms with Gasteiger partial charge in [-0.1, -0.05) is 24.3 Å². The van der Waals surface area contributed by atoms with E-state index in [1.807, 2.05) is 36.4 Å². The van der Waals surface area contributed by atoms with E-state index in [0.29, 0.717) is 5.56 Å². The lowest BCUT2D eigenvalue weighted by atomic mass is 9.33. The van der Waals surface area contributed by atoms with Crippen molar-refractivity contribution in [3.8, 4) is 34.8 Å². The molecule has 0 saturated carbocycles. The van der Waals surface area contributed by atoms with Gasteiger partial charge in [-0.2, -0.15) is 5.26 Å². The Morgan fingerprint density at radius 2 is 1.43 bits per heavy atom. The van der Waals surface area contributed by atoms with Gasteiger partial charge in [0.25, 0.3) is 6.71 Å². The van der Waals surface area contributed by atoms with Crippen LogP contribution >= 0.6 is 0 Å². The average molecular weight is 382 g/mol. The van der Waals surface area contributed by atoms with Crippen molar-refractivity contribution >= 4 is 44.9 Å². The van der Waals surface area contributed by atoms with Gasteiger partial charge in [-0.3, -0.25) is 0 Å². The molecular formula is C25H11BN2O2. The highest BCUT2D eigenvalue weighted by atomic mass is 16.5. The minimum atomic E-state index is -0.00693. The molecule has 30 heavy (non-hydrogen) atoms. The Kier molecular flexibility index (Phi) is 2.31. The number of rotatable bonds is 0. The molecule has 0 unspecified atom stereocenters. The number of benzene rings is 4. The van der Waals surface area contributed by atoms with Crippen LogP contribution in [0.4, 0.5) is 0 Å². The van der Waals surface area contributed by atoms with Crippen LogP contribution in [0.5, 0.6) is 23.0 Å². The Hall–Kier alpha value is -4.17. The van der Waals surface area contributed by atoms with Gasteiger partial charge in [0.05, 0.1) is 22.3 Å². The molecule has 3 aliphatic heterocycles. The van der Waals surface area contributed by atoms with E-state index in [4.69, 9.17) is 9.47 Å². The molecule has 0 bridgehead atoms. The second-order valence-corrected chi connectivity index (χ2v) is 8.02. The molecule has 4 aromatic carbocycles. The summed E-state index contributed by atoms with van der Waals surface area (Å²) < 4.78 is 14.9. The zero-order valence-electron chi connectivity index (χ0n) is 15.6. The smallest absolute Gasteiger partial charge is 0.266 e. The minimum absolute atomic E-state index is 0.00693. The van der Waals surface area contributed by atoms with Crippen molar-refractivity contribution < 1.29 is 9.47 Å². The van der Waals surface area contributed by atoms with E-state index in [9.17, 15) is 5.26 Å². The lowest BCUT2D eigenvalue weighted by Gasteiger charge is -2.37. The van der Waals surface area contributed by atoms with Crippen molar-refractivity contribution in [1.29, 1.82) is 5.26 Å². The summed E-state index contributed by atoms with van der Waals surface area (Å²) >= 11 is 0. The summed E-state index contributed by atoms with van der Waals surface area (Å²) in [7, 11) is 0. The van der Waals surface area contributed by atoms with Gasteiger partial charge in [0.2, 0.25) is 0 Å². The molecule has 4 heterocycles. The van der Waals surface area contributed by atoms with Gasteiger partial charge in [-0.05, 0) is 53.4 Å². The number of ether oxygens (including phenoxy) is 2. The Balaban J connectivity index is 1.71. The Morgan fingerprint density at radius 3 is 2.27 bits per heavy atom. The molecule has 0 saturated heterocycles. The van der Waals surface area contributed by atoms with E-state index in [2.05, 4.69) is 41.0 Å². The third-order valence-electron chi connectivity index (χ3n) is 6.69. The fourth-order valence-corrected chi connectivity index (χ4v) is 5.61. The van der Waals surface area contributed by atoms with Gasteiger partial charge >= 0.3 is 0 Å². The zero-order chi connectivity index (χ0) is 19.6. The number of nitrogens with zero attached hydrogens (tertiary/aromatic N) is 2. The monoisotopic (exact) mass is 382 g/mol. The number of fused-ring (bicyclic) bond motifs is 4. The standard InChI is InChI=1S/C25H11BN2O2/c27-12-13-8-10-19-22-24(13)28-16-5-2-1-4-14(16)15-9-11-20-23(25(15)28)26(22)21-17(29-19)6-3-7-18(21)30-20/h1-11H. The maximum absolute atomic E-state index is 10.0. The summed E-state index contributed by atoms with van der Waals surface area (Å²) in [4.78, 5) is 0. The van der Waals surface area contributed by atoms with Gasteiger partial charge in [-0.25, -0.2) is 0 Å². The predicted molar refractivity (Wildman–Crippen MR) is 117 cm³/mol. The zero-order valence-corrected chi connectivity index (χ0v) is 15.6. The van der Waals surface area contributed by atoms with Gasteiger partial charge in [-0.15, -0.1) is 0 Å².